The molecule has 0 aliphatic heterocycles. The van der Waals surface area contributed by atoms with Gasteiger partial charge in [0.1, 0.15) is 0 Å². The van der Waals surface area contributed by atoms with Gasteiger partial charge in [-0.15, -0.1) is 0 Å². The van der Waals surface area contributed by atoms with E-state index in [-0.39, 0.29) is 19.2 Å². The first-order chi connectivity index (χ1) is 10.8. The molecule has 22 heavy (non-hydrogen) atoms. The standard InChI is InChI=1S/C17H19N3O2/c21-13-12-20(11-9-15-6-2-1-3-7-15)17(22)19-14-16-8-4-5-10-18-16/h1-11,21H,12-14H2,(H,19,22). The summed E-state index contributed by atoms with van der Waals surface area (Å²) in [5, 5.41) is 11.9. The molecule has 0 radical (unpaired) electrons. The number of hydrogen-bond acceptors (Lipinski definition) is 3. The van der Waals surface area contributed by atoms with Gasteiger partial charge in [-0.3, -0.25) is 9.88 Å². The number of benzene rings is 1. The van der Waals surface area contributed by atoms with Gasteiger partial charge < -0.3 is 10.4 Å². The third-order valence-electron chi connectivity index (χ3n) is 3.00. The van der Waals surface area contributed by atoms with Gasteiger partial charge in [0.15, 0.2) is 0 Å². The van der Waals surface area contributed by atoms with Crippen LogP contribution < -0.4 is 5.32 Å². The summed E-state index contributed by atoms with van der Waals surface area (Å²) in [6.45, 7) is 0.480. The van der Waals surface area contributed by atoms with Crippen molar-refractivity contribution >= 4 is 12.1 Å². The molecule has 0 atom stereocenters. The van der Waals surface area contributed by atoms with Crippen LogP contribution in [0.15, 0.2) is 60.9 Å². The Labute approximate surface area is 129 Å². The molecule has 114 valence electrons. The summed E-state index contributed by atoms with van der Waals surface area (Å²) in [5.74, 6) is 0. The Morgan fingerprint density at radius 3 is 2.64 bits per heavy atom. The van der Waals surface area contributed by atoms with Crippen molar-refractivity contribution in [1.82, 2.24) is 15.2 Å². The van der Waals surface area contributed by atoms with Crippen LogP contribution in [-0.2, 0) is 6.54 Å². The molecule has 0 aliphatic carbocycles. The van der Waals surface area contributed by atoms with Gasteiger partial charge >= 0.3 is 6.03 Å². The molecule has 2 aromatic rings. The van der Waals surface area contributed by atoms with Crippen molar-refractivity contribution < 1.29 is 9.90 Å². The maximum Gasteiger partial charge on any atom is 0.321 e. The van der Waals surface area contributed by atoms with Crippen LogP contribution in [0.4, 0.5) is 4.79 Å². The lowest BCUT2D eigenvalue weighted by atomic mass is 10.2. The maximum atomic E-state index is 12.2. The van der Waals surface area contributed by atoms with Crippen LogP contribution in [0.5, 0.6) is 0 Å². The van der Waals surface area contributed by atoms with E-state index in [2.05, 4.69) is 10.3 Å². The number of carbonyl (C=O) groups excluding carboxylic acids is 1. The van der Waals surface area contributed by atoms with E-state index in [4.69, 9.17) is 5.11 Å². The van der Waals surface area contributed by atoms with E-state index in [1.807, 2.05) is 54.6 Å². The minimum absolute atomic E-state index is 0.101. The molecule has 0 aliphatic rings. The number of aromatic nitrogens is 1. The van der Waals surface area contributed by atoms with Crippen LogP contribution in [0.1, 0.15) is 11.3 Å². The van der Waals surface area contributed by atoms with E-state index in [9.17, 15) is 4.79 Å². The minimum Gasteiger partial charge on any atom is -0.395 e. The molecule has 2 rings (SSSR count). The third-order valence-corrected chi connectivity index (χ3v) is 3.00. The van der Waals surface area contributed by atoms with E-state index < -0.39 is 0 Å². The summed E-state index contributed by atoms with van der Waals surface area (Å²) in [6.07, 6.45) is 5.18. The molecule has 0 unspecified atom stereocenters. The molecule has 0 bridgehead atoms. The summed E-state index contributed by atoms with van der Waals surface area (Å²) >= 11 is 0. The summed E-state index contributed by atoms with van der Waals surface area (Å²) in [4.78, 5) is 17.7. The van der Waals surface area contributed by atoms with E-state index >= 15 is 0 Å². The molecule has 5 nitrogen and oxygen atoms in total. The fraction of sp³-hybridized carbons (Fsp3) is 0.176. The lowest BCUT2D eigenvalue weighted by molar-refractivity contribution is 0.198. The number of nitrogens with one attached hydrogen (secondary N) is 1. The molecule has 0 saturated carbocycles. The topological polar surface area (TPSA) is 65.5 Å². The minimum atomic E-state index is -0.271. The molecule has 1 heterocycles. The lowest BCUT2D eigenvalue weighted by Gasteiger charge is -2.17. The van der Waals surface area contributed by atoms with Gasteiger partial charge in [0, 0.05) is 12.4 Å². The van der Waals surface area contributed by atoms with Gasteiger partial charge in [0.25, 0.3) is 0 Å². The molecule has 1 aromatic heterocycles. The van der Waals surface area contributed by atoms with Crippen LogP contribution in [0.25, 0.3) is 6.08 Å². The van der Waals surface area contributed by atoms with E-state index in [1.165, 1.54) is 4.90 Å². The third kappa shape index (κ3) is 5.03. The Morgan fingerprint density at radius 1 is 1.18 bits per heavy atom. The van der Waals surface area contributed by atoms with Gasteiger partial charge in [0.2, 0.25) is 0 Å². The number of pyridine rings is 1. The number of aliphatic hydroxyl groups is 1. The van der Waals surface area contributed by atoms with Gasteiger partial charge in [-0.1, -0.05) is 36.4 Å². The van der Waals surface area contributed by atoms with Crippen LogP contribution in [0.3, 0.4) is 0 Å². The van der Waals surface area contributed by atoms with Gasteiger partial charge in [0.05, 0.1) is 25.4 Å². The molecule has 1 aromatic carbocycles. The first-order valence-electron chi connectivity index (χ1n) is 7.08. The molecular formula is C17H19N3O2. The van der Waals surface area contributed by atoms with Crippen LogP contribution in [-0.4, -0.2) is 34.2 Å². The normalized spacial score (nSPS) is 10.6. The predicted octanol–water partition coefficient (Wildman–Crippen LogP) is 2.26. The highest BCUT2D eigenvalue weighted by Crippen LogP contribution is 2.03. The molecule has 2 amide bonds. The Kier molecular flexibility index (Phi) is 6.14. The molecule has 5 heteroatoms. The highest BCUT2D eigenvalue weighted by molar-refractivity contribution is 5.76. The predicted molar refractivity (Wildman–Crippen MR) is 85.7 cm³/mol. The summed E-state index contributed by atoms with van der Waals surface area (Å²) in [7, 11) is 0. The van der Waals surface area contributed by atoms with Gasteiger partial charge in [-0.25, -0.2) is 4.79 Å². The SMILES string of the molecule is O=C(NCc1ccccn1)N(C=Cc1ccccc1)CCO. The van der Waals surface area contributed by atoms with Crippen molar-refractivity contribution in [3.8, 4) is 0 Å². The van der Waals surface area contributed by atoms with Crippen LogP contribution >= 0.6 is 0 Å². The van der Waals surface area contributed by atoms with E-state index in [0.29, 0.717) is 6.54 Å². The number of urea groups is 1. The molecule has 0 fully saturated rings. The highest BCUT2D eigenvalue weighted by Gasteiger charge is 2.09. The molecule has 0 spiro atoms. The van der Waals surface area contributed by atoms with Crippen molar-refractivity contribution in [3.63, 3.8) is 0 Å². The Balaban J connectivity index is 1.94. The Hall–Kier alpha value is -2.66. The van der Waals surface area contributed by atoms with Crippen molar-refractivity contribution in [1.29, 1.82) is 0 Å². The van der Waals surface area contributed by atoms with E-state index in [0.717, 1.165) is 11.3 Å². The van der Waals surface area contributed by atoms with Crippen molar-refractivity contribution in [2.75, 3.05) is 13.2 Å². The lowest BCUT2D eigenvalue weighted by Crippen LogP contribution is -2.37. The number of aliphatic hydroxyl groups excluding tert-OH is 1. The number of nitrogens with zero attached hydrogens (tertiary/aromatic N) is 2. The van der Waals surface area contributed by atoms with Crippen LogP contribution in [0.2, 0.25) is 0 Å². The van der Waals surface area contributed by atoms with Crippen LogP contribution in [0, 0.1) is 0 Å². The van der Waals surface area contributed by atoms with Crippen molar-refractivity contribution in [3.05, 3.63) is 72.2 Å². The molecule has 2 N–H and O–H groups in total. The van der Waals surface area contributed by atoms with Crippen molar-refractivity contribution in [2.45, 2.75) is 6.54 Å². The Bertz CT molecular complexity index is 600. The smallest absolute Gasteiger partial charge is 0.321 e. The largest absolute Gasteiger partial charge is 0.395 e. The van der Waals surface area contributed by atoms with E-state index in [1.54, 1.807) is 12.4 Å². The highest BCUT2D eigenvalue weighted by atomic mass is 16.3. The quantitative estimate of drug-likeness (QED) is 0.859. The summed E-state index contributed by atoms with van der Waals surface area (Å²) in [5.41, 5.74) is 1.77. The monoisotopic (exact) mass is 297 g/mol. The maximum absolute atomic E-state index is 12.2. The summed E-state index contributed by atoms with van der Waals surface area (Å²) in [6, 6.07) is 14.9. The molecular weight excluding hydrogens is 278 g/mol. The average Bonchev–Trinajstić information content (AvgIpc) is 2.58. The average molecular weight is 297 g/mol. The first-order valence-corrected chi connectivity index (χ1v) is 7.08. The number of rotatable bonds is 6. The molecule has 0 saturated heterocycles. The first kappa shape index (κ1) is 15.7. The zero-order valence-corrected chi connectivity index (χ0v) is 12.2. The number of hydrogen-bond donors (Lipinski definition) is 2. The fourth-order valence-electron chi connectivity index (χ4n) is 1.86. The second-order valence-electron chi connectivity index (χ2n) is 4.62. The fourth-order valence-corrected chi connectivity index (χ4v) is 1.86. The van der Waals surface area contributed by atoms with Gasteiger partial charge in [-0.2, -0.15) is 0 Å². The van der Waals surface area contributed by atoms with Crippen molar-refractivity contribution in [2.24, 2.45) is 0 Å². The zero-order valence-electron chi connectivity index (χ0n) is 12.2. The second-order valence-corrected chi connectivity index (χ2v) is 4.62. The zero-order chi connectivity index (χ0) is 15.6. The number of carbonyl (C=O) groups is 1. The summed E-state index contributed by atoms with van der Waals surface area (Å²) < 4.78 is 0. The Morgan fingerprint density at radius 2 is 1.95 bits per heavy atom. The van der Waals surface area contributed by atoms with Gasteiger partial charge in [-0.05, 0) is 23.8 Å². The number of amides is 2. The second kappa shape index (κ2) is 8.59.